The minimum absolute atomic E-state index is 0.0315. The van der Waals surface area contributed by atoms with Crippen molar-refractivity contribution in [2.45, 2.75) is 70.4 Å². The molecule has 10 heteroatoms. The number of hydrogen-bond acceptors (Lipinski definition) is 7. The van der Waals surface area contributed by atoms with Crippen molar-refractivity contribution in [3.05, 3.63) is 51.7 Å². The number of para-hydroxylation sites is 1. The highest BCUT2D eigenvalue weighted by Crippen LogP contribution is 2.34. The number of nitrogens with zero attached hydrogens (tertiary/aromatic N) is 3. The maximum absolute atomic E-state index is 12.2. The summed E-state index contributed by atoms with van der Waals surface area (Å²) in [5.41, 5.74) is -0.221. The summed E-state index contributed by atoms with van der Waals surface area (Å²) in [4.78, 5) is 39.1. The first kappa shape index (κ1) is 22.4. The highest BCUT2D eigenvalue weighted by Gasteiger charge is 2.38. The van der Waals surface area contributed by atoms with Gasteiger partial charge in [-0.1, -0.05) is 49.0 Å². The van der Waals surface area contributed by atoms with Crippen LogP contribution in [0.25, 0.3) is 0 Å². The summed E-state index contributed by atoms with van der Waals surface area (Å²) in [6, 6.07) is 6.28. The Labute approximate surface area is 179 Å². The molecule has 0 spiro atoms. The summed E-state index contributed by atoms with van der Waals surface area (Å²) < 4.78 is 5.35. The molecule has 3 rings (SSSR count). The first-order valence-electron chi connectivity index (χ1n) is 10.5. The van der Waals surface area contributed by atoms with Crippen molar-refractivity contribution >= 4 is 17.5 Å². The second-order valence-corrected chi connectivity index (χ2v) is 7.85. The average molecular weight is 429 g/mol. The molecule has 1 aliphatic carbocycles. The van der Waals surface area contributed by atoms with E-state index in [9.17, 15) is 19.7 Å². The number of benzene rings is 1. The highest BCUT2D eigenvalue weighted by atomic mass is 16.6. The molecule has 1 aromatic carbocycles. The molecule has 31 heavy (non-hydrogen) atoms. The lowest BCUT2D eigenvalue weighted by atomic mass is 9.89. The normalized spacial score (nSPS) is 15.6. The van der Waals surface area contributed by atoms with Crippen molar-refractivity contribution in [2.24, 2.45) is 0 Å². The first-order chi connectivity index (χ1) is 14.9. The molecule has 10 nitrogen and oxygen atoms in total. The van der Waals surface area contributed by atoms with Crippen LogP contribution in [-0.4, -0.2) is 26.9 Å². The zero-order chi connectivity index (χ0) is 22.3. The van der Waals surface area contributed by atoms with E-state index < -0.39 is 10.5 Å². The zero-order valence-electron chi connectivity index (χ0n) is 17.6. The molecule has 0 bridgehead atoms. The number of rotatable bonds is 8. The van der Waals surface area contributed by atoms with Gasteiger partial charge in [0.05, 0.1) is 4.92 Å². The van der Waals surface area contributed by atoms with Gasteiger partial charge in [0, 0.05) is 37.9 Å². The molecule has 0 aliphatic heterocycles. The molecule has 1 saturated carbocycles. The van der Waals surface area contributed by atoms with Crippen LogP contribution in [0.4, 0.5) is 5.69 Å². The van der Waals surface area contributed by atoms with Gasteiger partial charge in [0.15, 0.2) is 5.82 Å². The minimum Gasteiger partial charge on any atom is -0.352 e. The third kappa shape index (κ3) is 5.87. The van der Waals surface area contributed by atoms with Gasteiger partial charge in [-0.3, -0.25) is 19.7 Å². The van der Waals surface area contributed by atoms with Gasteiger partial charge in [0.1, 0.15) is 5.54 Å². The molecule has 0 radical (unpaired) electrons. The summed E-state index contributed by atoms with van der Waals surface area (Å²) in [6.07, 6.45) is 6.00. The lowest BCUT2D eigenvalue weighted by Gasteiger charge is -2.30. The Morgan fingerprint density at radius 3 is 2.58 bits per heavy atom. The van der Waals surface area contributed by atoms with E-state index in [1.807, 2.05) is 0 Å². The average Bonchev–Trinajstić information content (AvgIpc) is 3.10. The molecule has 166 valence electrons. The van der Waals surface area contributed by atoms with Crippen molar-refractivity contribution in [2.75, 3.05) is 0 Å². The fourth-order valence-electron chi connectivity index (χ4n) is 3.97. The fourth-order valence-corrected chi connectivity index (χ4v) is 3.97. The van der Waals surface area contributed by atoms with Crippen LogP contribution in [0.1, 0.15) is 69.1 Å². The van der Waals surface area contributed by atoms with Crippen LogP contribution in [0.3, 0.4) is 0 Å². The number of nitrogens with one attached hydrogen (secondary N) is 2. The third-order valence-electron chi connectivity index (χ3n) is 5.50. The highest BCUT2D eigenvalue weighted by molar-refractivity contribution is 5.76. The van der Waals surface area contributed by atoms with Crippen LogP contribution in [-0.2, 0) is 28.1 Å². The third-order valence-corrected chi connectivity index (χ3v) is 5.50. The van der Waals surface area contributed by atoms with E-state index in [1.54, 1.807) is 18.2 Å². The quantitative estimate of drug-likeness (QED) is 0.373. The predicted octanol–water partition coefficient (Wildman–Crippen LogP) is 2.91. The van der Waals surface area contributed by atoms with Gasteiger partial charge < -0.3 is 15.2 Å². The Balaban J connectivity index is 1.58. The summed E-state index contributed by atoms with van der Waals surface area (Å²) in [5, 5.41) is 20.9. The van der Waals surface area contributed by atoms with Gasteiger partial charge in [-0.25, -0.2) is 0 Å². The number of aryl methyl sites for hydroxylation is 1. The maximum atomic E-state index is 12.2. The second kappa shape index (κ2) is 10.1. The zero-order valence-corrected chi connectivity index (χ0v) is 17.6. The van der Waals surface area contributed by atoms with Gasteiger partial charge in [-0.15, -0.1) is 0 Å². The van der Waals surface area contributed by atoms with Crippen molar-refractivity contribution in [3.63, 3.8) is 0 Å². The van der Waals surface area contributed by atoms with Crippen molar-refractivity contribution in [1.29, 1.82) is 0 Å². The van der Waals surface area contributed by atoms with Crippen LogP contribution in [0, 0.1) is 10.1 Å². The molecule has 1 aliphatic rings. The Hall–Kier alpha value is -3.30. The lowest BCUT2D eigenvalue weighted by Crippen LogP contribution is -2.45. The second-order valence-electron chi connectivity index (χ2n) is 7.85. The van der Waals surface area contributed by atoms with E-state index in [0.717, 1.165) is 38.5 Å². The number of nitro benzene ring substituents is 1. The number of amides is 2. The smallest absolute Gasteiger partial charge is 0.274 e. The van der Waals surface area contributed by atoms with Gasteiger partial charge in [0.2, 0.25) is 17.7 Å². The first-order valence-corrected chi connectivity index (χ1v) is 10.5. The van der Waals surface area contributed by atoms with E-state index >= 15 is 0 Å². The Kier molecular flexibility index (Phi) is 7.32. The van der Waals surface area contributed by atoms with Gasteiger partial charge >= 0.3 is 0 Å². The van der Waals surface area contributed by atoms with Crippen molar-refractivity contribution < 1.29 is 19.0 Å². The maximum Gasteiger partial charge on any atom is 0.274 e. The van der Waals surface area contributed by atoms with Crippen LogP contribution >= 0.6 is 0 Å². The Morgan fingerprint density at radius 2 is 1.90 bits per heavy atom. The summed E-state index contributed by atoms with van der Waals surface area (Å²) in [5.74, 6) is 0.372. The van der Waals surface area contributed by atoms with Crippen LogP contribution in [0.5, 0.6) is 0 Å². The number of carbonyl (C=O) groups is 2. The SMILES string of the molecule is CC(=O)NC1(c2noc(CCC(=O)NCc3ccccc3[N+](=O)[O-])n2)CCCCCC1. The molecule has 0 atom stereocenters. The summed E-state index contributed by atoms with van der Waals surface area (Å²) >= 11 is 0. The van der Waals surface area contributed by atoms with Crippen molar-refractivity contribution in [3.8, 4) is 0 Å². The summed E-state index contributed by atoms with van der Waals surface area (Å²) in [6.45, 7) is 1.55. The summed E-state index contributed by atoms with van der Waals surface area (Å²) in [7, 11) is 0. The van der Waals surface area contributed by atoms with Gasteiger partial charge in [-0.05, 0) is 12.8 Å². The number of carbonyl (C=O) groups excluding carboxylic acids is 2. The van der Waals surface area contributed by atoms with Crippen LogP contribution in [0.15, 0.2) is 28.8 Å². The van der Waals surface area contributed by atoms with Crippen LogP contribution in [0.2, 0.25) is 0 Å². The standard InChI is InChI=1S/C21H27N5O5/c1-15(27)24-21(12-6-2-3-7-13-21)20-23-19(31-25-20)11-10-18(28)22-14-16-8-4-5-9-17(16)26(29)30/h4-5,8-9H,2-3,6-7,10-14H2,1H3,(H,22,28)(H,24,27). The Morgan fingerprint density at radius 1 is 1.19 bits per heavy atom. The lowest BCUT2D eigenvalue weighted by molar-refractivity contribution is -0.385. The minimum atomic E-state index is -0.626. The molecule has 1 fully saturated rings. The van der Waals surface area contributed by atoms with E-state index in [2.05, 4.69) is 20.8 Å². The van der Waals surface area contributed by atoms with Crippen molar-refractivity contribution in [1.82, 2.24) is 20.8 Å². The van der Waals surface area contributed by atoms with E-state index in [-0.39, 0.29) is 36.9 Å². The molecule has 2 N–H and O–H groups in total. The molecular weight excluding hydrogens is 402 g/mol. The molecule has 0 unspecified atom stereocenters. The van der Waals surface area contributed by atoms with E-state index in [4.69, 9.17) is 4.52 Å². The van der Waals surface area contributed by atoms with Crippen LogP contribution < -0.4 is 10.6 Å². The molecule has 2 aromatic rings. The molecule has 2 amide bonds. The van der Waals surface area contributed by atoms with E-state index in [1.165, 1.54) is 13.0 Å². The number of hydrogen-bond donors (Lipinski definition) is 2. The predicted molar refractivity (Wildman–Crippen MR) is 111 cm³/mol. The molecule has 0 saturated heterocycles. The number of nitro groups is 1. The topological polar surface area (TPSA) is 140 Å². The fraction of sp³-hybridized carbons (Fsp3) is 0.524. The van der Waals surface area contributed by atoms with Gasteiger partial charge in [0.25, 0.3) is 5.69 Å². The largest absolute Gasteiger partial charge is 0.352 e. The Bertz CT molecular complexity index is 934. The van der Waals surface area contributed by atoms with E-state index in [0.29, 0.717) is 17.3 Å². The monoisotopic (exact) mass is 429 g/mol. The molecule has 1 heterocycles. The number of aromatic nitrogens is 2. The molecular formula is C21H27N5O5. The van der Waals surface area contributed by atoms with Gasteiger partial charge in [-0.2, -0.15) is 4.98 Å². The molecule has 1 aromatic heterocycles.